The Hall–Kier alpha value is -0.960. The third-order valence-electron chi connectivity index (χ3n) is 2.52. The van der Waals surface area contributed by atoms with E-state index < -0.39 is 0 Å². The van der Waals surface area contributed by atoms with Gasteiger partial charge in [-0.05, 0) is 29.7 Å². The van der Waals surface area contributed by atoms with Crippen LogP contribution in [0.3, 0.4) is 0 Å². The molecular weight excluding hydrogens is 232 g/mol. The fourth-order valence-electron chi connectivity index (χ4n) is 1.46. The molecule has 0 bridgehead atoms. The molecule has 1 aromatic carbocycles. The minimum atomic E-state index is -0.245. The van der Waals surface area contributed by atoms with Crippen LogP contribution in [0.5, 0.6) is 0 Å². The normalized spacial score (nSPS) is 10.6. The van der Waals surface area contributed by atoms with Crippen LogP contribution in [0.2, 0.25) is 0 Å². The molecule has 1 rings (SSSR count). The van der Waals surface area contributed by atoms with Gasteiger partial charge in [0, 0.05) is 5.75 Å². The quantitative estimate of drug-likeness (QED) is 0.569. The summed E-state index contributed by atoms with van der Waals surface area (Å²) in [6.45, 7) is 4.45. The first kappa shape index (κ1) is 14.1. The van der Waals surface area contributed by atoms with Gasteiger partial charge in [-0.3, -0.25) is 0 Å². The Labute approximate surface area is 108 Å². The number of benzene rings is 1. The second-order valence-electron chi connectivity index (χ2n) is 4.38. The predicted octanol–water partition coefficient (Wildman–Crippen LogP) is 3.75. The van der Waals surface area contributed by atoms with E-state index in [0.29, 0.717) is 5.56 Å². The highest BCUT2D eigenvalue weighted by molar-refractivity contribution is 7.98. The summed E-state index contributed by atoms with van der Waals surface area (Å²) in [5.41, 5.74) is 1.75. The molecular formula is C14H20O2S. The molecule has 0 saturated carbocycles. The van der Waals surface area contributed by atoms with E-state index >= 15 is 0 Å². The molecule has 0 N–H and O–H groups in total. The lowest BCUT2D eigenvalue weighted by atomic mass is 10.1. The van der Waals surface area contributed by atoms with Gasteiger partial charge in [0.2, 0.25) is 0 Å². The van der Waals surface area contributed by atoms with Gasteiger partial charge in [0.15, 0.2) is 0 Å². The topological polar surface area (TPSA) is 26.3 Å². The van der Waals surface area contributed by atoms with E-state index in [1.54, 1.807) is 0 Å². The monoisotopic (exact) mass is 252 g/mol. The number of thioether (sulfide) groups is 1. The predicted molar refractivity (Wildman–Crippen MR) is 73.4 cm³/mol. The molecule has 0 aliphatic heterocycles. The van der Waals surface area contributed by atoms with E-state index in [0.717, 1.165) is 23.0 Å². The van der Waals surface area contributed by atoms with Crippen LogP contribution in [0.4, 0.5) is 0 Å². The third-order valence-corrected chi connectivity index (χ3v) is 3.56. The molecule has 0 aliphatic carbocycles. The maximum atomic E-state index is 11.5. The minimum absolute atomic E-state index is 0.245. The summed E-state index contributed by atoms with van der Waals surface area (Å²) >= 11 is 1.87. The number of carbonyl (C=O) groups excluding carboxylic acids is 1. The molecule has 1 aromatic rings. The average molecular weight is 252 g/mol. The van der Waals surface area contributed by atoms with Gasteiger partial charge in [-0.2, -0.15) is 11.8 Å². The van der Waals surface area contributed by atoms with Gasteiger partial charge in [0.1, 0.15) is 0 Å². The van der Waals surface area contributed by atoms with Crippen LogP contribution in [0.1, 0.15) is 36.2 Å². The summed E-state index contributed by atoms with van der Waals surface area (Å²) in [4.78, 5) is 11.5. The van der Waals surface area contributed by atoms with Crippen molar-refractivity contribution in [3.8, 4) is 0 Å². The summed E-state index contributed by atoms with van der Waals surface area (Å²) in [7, 11) is 1.42. The first-order valence-electron chi connectivity index (χ1n) is 5.89. The van der Waals surface area contributed by atoms with Crippen LogP contribution < -0.4 is 0 Å². The Morgan fingerprint density at radius 1 is 1.35 bits per heavy atom. The standard InChI is InChI=1S/C14H20O2S/c1-11(2)8-9-17-10-12-6-4-5-7-13(12)14(15)16-3/h4-7,11H,8-10H2,1-3H3. The number of ether oxygens (including phenoxy) is 1. The summed E-state index contributed by atoms with van der Waals surface area (Å²) in [5, 5.41) is 0. The second kappa shape index (κ2) is 7.38. The number of hydrogen-bond acceptors (Lipinski definition) is 3. The van der Waals surface area contributed by atoms with E-state index in [2.05, 4.69) is 13.8 Å². The highest BCUT2D eigenvalue weighted by Crippen LogP contribution is 2.19. The van der Waals surface area contributed by atoms with Crippen LogP contribution in [-0.2, 0) is 10.5 Å². The first-order valence-corrected chi connectivity index (χ1v) is 7.04. The highest BCUT2D eigenvalue weighted by atomic mass is 32.2. The van der Waals surface area contributed by atoms with Crippen LogP contribution in [0, 0.1) is 5.92 Å². The molecule has 0 unspecified atom stereocenters. The van der Waals surface area contributed by atoms with E-state index in [1.165, 1.54) is 13.5 Å². The van der Waals surface area contributed by atoms with Crippen molar-refractivity contribution in [1.82, 2.24) is 0 Å². The summed E-state index contributed by atoms with van der Waals surface area (Å²) < 4.78 is 4.77. The Balaban J connectivity index is 2.55. The number of methoxy groups -OCH3 is 1. The molecule has 0 saturated heterocycles. The zero-order chi connectivity index (χ0) is 12.7. The maximum absolute atomic E-state index is 11.5. The fourth-order valence-corrected chi connectivity index (χ4v) is 2.71. The average Bonchev–Trinajstić information content (AvgIpc) is 2.34. The van der Waals surface area contributed by atoms with Crippen LogP contribution in [0.25, 0.3) is 0 Å². The molecule has 2 nitrogen and oxygen atoms in total. The lowest BCUT2D eigenvalue weighted by molar-refractivity contribution is 0.0600. The molecule has 0 aromatic heterocycles. The molecule has 94 valence electrons. The molecule has 0 fully saturated rings. The zero-order valence-electron chi connectivity index (χ0n) is 10.7. The summed E-state index contributed by atoms with van der Waals surface area (Å²) in [5.74, 6) is 2.49. The largest absolute Gasteiger partial charge is 0.465 e. The molecule has 0 amide bonds. The second-order valence-corrected chi connectivity index (χ2v) is 5.49. The van der Waals surface area contributed by atoms with Crippen LogP contribution in [-0.4, -0.2) is 18.8 Å². The number of carbonyl (C=O) groups is 1. The highest BCUT2D eigenvalue weighted by Gasteiger charge is 2.10. The van der Waals surface area contributed by atoms with Crippen LogP contribution in [0.15, 0.2) is 24.3 Å². The van der Waals surface area contributed by atoms with E-state index in [1.807, 2.05) is 36.0 Å². The maximum Gasteiger partial charge on any atom is 0.338 e. The Bertz CT molecular complexity index is 361. The number of esters is 1. The SMILES string of the molecule is COC(=O)c1ccccc1CSCCC(C)C. The Morgan fingerprint density at radius 2 is 2.06 bits per heavy atom. The van der Waals surface area contributed by atoms with Crippen molar-refractivity contribution >= 4 is 17.7 Å². The molecule has 0 spiro atoms. The van der Waals surface area contributed by atoms with Crippen molar-refractivity contribution in [2.45, 2.75) is 26.0 Å². The van der Waals surface area contributed by atoms with Crippen molar-refractivity contribution < 1.29 is 9.53 Å². The van der Waals surface area contributed by atoms with Gasteiger partial charge in [-0.25, -0.2) is 4.79 Å². The minimum Gasteiger partial charge on any atom is -0.465 e. The summed E-state index contributed by atoms with van der Waals surface area (Å²) in [6.07, 6.45) is 1.21. The van der Waals surface area contributed by atoms with Crippen molar-refractivity contribution in [2.24, 2.45) is 5.92 Å². The molecule has 0 atom stereocenters. The summed E-state index contributed by atoms with van der Waals surface area (Å²) in [6, 6.07) is 7.65. The molecule has 17 heavy (non-hydrogen) atoms. The van der Waals surface area contributed by atoms with Gasteiger partial charge in [0.25, 0.3) is 0 Å². The van der Waals surface area contributed by atoms with Crippen molar-refractivity contribution in [1.29, 1.82) is 0 Å². The fraction of sp³-hybridized carbons (Fsp3) is 0.500. The van der Waals surface area contributed by atoms with E-state index in [9.17, 15) is 4.79 Å². The Kier molecular flexibility index (Phi) is 6.12. The lowest BCUT2D eigenvalue weighted by Crippen LogP contribution is -2.05. The van der Waals surface area contributed by atoms with Crippen LogP contribution >= 0.6 is 11.8 Å². The van der Waals surface area contributed by atoms with Crippen molar-refractivity contribution in [2.75, 3.05) is 12.9 Å². The zero-order valence-corrected chi connectivity index (χ0v) is 11.5. The molecule has 0 radical (unpaired) electrons. The van der Waals surface area contributed by atoms with Gasteiger partial charge in [-0.1, -0.05) is 32.0 Å². The van der Waals surface area contributed by atoms with Gasteiger partial charge in [0.05, 0.1) is 12.7 Å². The smallest absolute Gasteiger partial charge is 0.338 e. The van der Waals surface area contributed by atoms with E-state index in [-0.39, 0.29) is 5.97 Å². The van der Waals surface area contributed by atoms with Gasteiger partial charge in [-0.15, -0.1) is 0 Å². The van der Waals surface area contributed by atoms with Gasteiger partial charge >= 0.3 is 5.97 Å². The van der Waals surface area contributed by atoms with Crippen molar-refractivity contribution in [3.63, 3.8) is 0 Å². The lowest BCUT2D eigenvalue weighted by Gasteiger charge is -2.08. The third kappa shape index (κ3) is 4.82. The van der Waals surface area contributed by atoms with Crippen molar-refractivity contribution in [3.05, 3.63) is 35.4 Å². The molecule has 3 heteroatoms. The number of rotatable bonds is 6. The number of hydrogen-bond donors (Lipinski definition) is 0. The first-order chi connectivity index (χ1) is 8.15. The van der Waals surface area contributed by atoms with Gasteiger partial charge < -0.3 is 4.74 Å². The Morgan fingerprint density at radius 3 is 2.71 bits per heavy atom. The molecule has 0 heterocycles. The van der Waals surface area contributed by atoms with E-state index in [4.69, 9.17) is 4.74 Å². The molecule has 0 aliphatic rings.